The van der Waals surface area contributed by atoms with E-state index in [2.05, 4.69) is 15.5 Å². The molecule has 0 aliphatic carbocycles. The number of tetrazole rings is 1. The zero-order valence-electron chi connectivity index (χ0n) is 11.5. The van der Waals surface area contributed by atoms with E-state index in [9.17, 15) is 4.39 Å². The van der Waals surface area contributed by atoms with Crippen LogP contribution >= 0.6 is 11.6 Å². The SMILES string of the molecule is Fc1ccc(-c2nnnn2OCCc2ccc(Cl)cc2)cc1. The summed E-state index contributed by atoms with van der Waals surface area (Å²) in [4.78, 5) is 6.79. The third kappa shape index (κ3) is 3.40. The second kappa shape index (κ2) is 6.53. The molecule has 0 saturated heterocycles. The minimum Gasteiger partial charge on any atom is -0.393 e. The Morgan fingerprint density at radius 1 is 1.05 bits per heavy atom. The molecule has 5 nitrogen and oxygen atoms in total. The first kappa shape index (κ1) is 14.5. The summed E-state index contributed by atoms with van der Waals surface area (Å²) in [6.45, 7) is 0.404. The van der Waals surface area contributed by atoms with E-state index in [0.717, 1.165) is 5.56 Å². The van der Waals surface area contributed by atoms with E-state index in [1.54, 1.807) is 12.1 Å². The highest BCUT2D eigenvalue weighted by molar-refractivity contribution is 6.30. The van der Waals surface area contributed by atoms with Crippen LogP contribution in [0.25, 0.3) is 11.4 Å². The number of halogens is 2. The molecular weight excluding hydrogens is 307 g/mol. The summed E-state index contributed by atoms with van der Waals surface area (Å²) in [5.74, 6) is 0.113. The first-order valence-corrected chi connectivity index (χ1v) is 7.02. The normalized spacial score (nSPS) is 10.6. The van der Waals surface area contributed by atoms with Crippen LogP contribution in [-0.2, 0) is 6.42 Å². The molecule has 3 aromatic rings. The van der Waals surface area contributed by atoms with Gasteiger partial charge in [-0.1, -0.05) is 28.6 Å². The van der Waals surface area contributed by atoms with Gasteiger partial charge in [-0.2, -0.15) is 0 Å². The van der Waals surface area contributed by atoms with Gasteiger partial charge in [-0.05, 0) is 52.4 Å². The van der Waals surface area contributed by atoms with Gasteiger partial charge in [0.05, 0.1) is 0 Å². The maximum absolute atomic E-state index is 12.9. The summed E-state index contributed by atoms with van der Waals surface area (Å²) in [7, 11) is 0. The monoisotopic (exact) mass is 318 g/mol. The average molecular weight is 319 g/mol. The maximum Gasteiger partial charge on any atom is 0.222 e. The van der Waals surface area contributed by atoms with Crippen LogP contribution in [-0.4, -0.2) is 27.0 Å². The van der Waals surface area contributed by atoms with Crippen LogP contribution in [0.5, 0.6) is 0 Å². The molecule has 22 heavy (non-hydrogen) atoms. The van der Waals surface area contributed by atoms with E-state index in [1.807, 2.05) is 24.3 Å². The van der Waals surface area contributed by atoms with Gasteiger partial charge in [-0.25, -0.2) is 4.39 Å². The topological polar surface area (TPSA) is 52.8 Å². The highest BCUT2D eigenvalue weighted by Gasteiger charge is 2.10. The highest BCUT2D eigenvalue weighted by atomic mass is 35.5. The molecule has 0 amide bonds. The lowest BCUT2D eigenvalue weighted by molar-refractivity contribution is 0.0840. The van der Waals surface area contributed by atoms with Gasteiger partial charge in [-0.15, -0.1) is 5.10 Å². The van der Waals surface area contributed by atoms with Crippen molar-refractivity contribution in [3.63, 3.8) is 0 Å². The van der Waals surface area contributed by atoms with E-state index < -0.39 is 0 Å². The van der Waals surface area contributed by atoms with Crippen molar-refractivity contribution in [1.29, 1.82) is 0 Å². The number of nitrogens with zero attached hydrogens (tertiary/aromatic N) is 4. The summed E-state index contributed by atoms with van der Waals surface area (Å²) in [5, 5.41) is 12.0. The summed E-state index contributed by atoms with van der Waals surface area (Å²) in [6.07, 6.45) is 0.694. The van der Waals surface area contributed by atoms with Gasteiger partial charge in [0, 0.05) is 17.0 Å². The largest absolute Gasteiger partial charge is 0.393 e. The van der Waals surface area contributed by atoms with Crippen molar-refractivity contribution in [2.24, 2.45) is 0 Å². The van der Waals surface area contributed by atoms with Crippen LogP contribution in [0.2, 0.25) is 5.02 Å². The Balaban J connectivity index is 1.65. The summed E-state index contributed by atoms with van der Waals surface area (Å²) in [5.41, 5.74) is 1.78. The van der Waals surface area contributed by atoms with Crippen molar-refractivity contribution in [2.75, 3.05) is 6.61 Å². The summed E-state index contributed by atoms with van der Waals surface area (Å²) >= 11 is 5.84. The quantitative estimate of drug-likeness (QED) is 0.726. The Morgan fingerprint density at radius 3 is 2.50 bits per heavy atom. The molecule has 0 spiro atoms. The molecule has 0 radical (unpaired) electrons. The third-order valence-corrected chi connectivity index (χ3v) is 3.31. The molecule has 0 unspecified atom stereocenters. The van der Waals surface area contributed by atoms with Crippen LogP contribution in [0.3, 0.4) is 0 Å². The number of rotatable bonds is 5. The lowest BCUT2D eigenvalue weighted by Gasteiger charge is -2.07. The summed E-state index contributed by atoms with van der Waals surface area (Å²) < 4.78 is 12.9. The van der Waals surface area contributed by atoms with Gasteiger partial charge in [-0.3, -0.25) is 0 Å². The Morgan fingerprint density at radius 2 is 1.77 bits per heavy atom. The van der Waals surface area contributed by atoms with Crippen LogP contribution in [0.1, 0.15) is 5.56 Å². The predicted octanol–water partition coefficient (Wildman–Crippen LogP) is 2.80. The summed E-state index contributed by atoms with van der Waals surface area (Å²) in [6, 6.07) is 13.4. The fourth-order valence-electron chi connectivity index (χ4n) is 1.93. The van der Waals surface area contributed by atoms with E-state index in [-0.39, 0.29) is 5.82 Å². The second-order valence-electron chi connectivity index (χ2n) is 4.59. The van der Waals surface area contributed by atoms with Crippen LogP contribution in [0, 0.1) is 5.82 Å². The van der Waals surface area contributed by atoms with Gasteiger partial charge in [0.2, 0.25) is 5.82 Å². The molecule has 7 heteroatoms. The van der Waals surface area contributed by atoms with E-state index in [4.69, 9.17) is 16.4 Å². The van der Waals surface area contributed by atoms with Crippen molar-refractivity contribution in [1.82, 2.24) is 20.4 Å². The molecule has 112 valence electrons. The molecule has 1 aromatic heterocycles. The van der Waals surface area contributed by atoms with Crippen molar-refractivity contribution >= 4 is 11.6 Å². The molecule has 0 bridgehead atoms. The highest BCUT2D eigenvalue weighted by Crippen LogP contribution is 2.15. The minimum atomic E-state index is -0.313. The molecule has 0 fully saturated rings. The maximum atomic E-state index is 12.9. The molecule has 3 rings (SSSR count). The average Bonchev–Trinajstić information content (AvgIpc) is 2.98. The Bertz CT molecular complexity index is 743. The van der Waals surface area contributed by atoms with Gasteiger partial charge in [0.25, 0.3) is 0 Å². The molecule has 1 heterocycles. The minimum absolute atomic E-state index is 0.313. The van der Waals surface area contributed by atoms with Crippen LogP contribution in [0.4, 0.5) is 4.39 Å². The number of benzene rings is 2. The Hall–Kier alpha value is -2.47. The number of aromatic nitrogens is 4. The predicted molar refractivity (Wildman–Crippen MR) is 79.8 cm³/mol. The Labute approximate surface area is 131 Å². The Kier molecular flexibility index (Phi) is 4.29. The van der Waals surface area contributed by atoms with Crippen LogP contribution < -0.4 is 4.84 Å². The molecule has 0 saturated carbocycles. The number of hydrogen-bond donors (Lipinski definition) is 0. The van der Waals surface area contributed by atoms with Crippen molar-refractivity contribution < 1.29 is 9.23 Å². The fraction of sp³-hybridized carbons (Fsp3) is 0.133. The van der Waals surface area contributed by atoms with E-state index in [1.165, 1.54) is 17.0 Å². The van der Waals surface area contributed by atoms with Crippen molar-refractivity contribution in [3.05, 3.63) is 64.9 Å². The zero-order valence-corrected chi connectivity index (χ0v) is 12.2. The van der Waals surface area contributed by atoms with Gasteiger partial charge < -0.3 is 4.84 Å². The first-order chi connectivity index (χ1) is 10.7. The van der Waals surface area contributed by atoms with E-state index in [0.29, 0.717) is 29.4 Å². The third-order valence-electron chi connectivity index (χ3n) is 3.06. The molecule has 0 aliphatic heterocycles. The molecule has 0 N–H and O–H groups in total. The molecule has 0 aliphatic rings. The standard InChI is InChI=1S/C15H12ClFN4O/c16-13-5-1-11(2-6-13)9-10-22-21-15(18-19-20-21)12-3-7-14(17)8-4-12/h1-8H,9-10H2. The van der Waals surface area contributed by atoms with Gasteiger partial charge in [0.1, 0.15) is 12.4 Å². The lowest BCUT2D eigenvalue weighted by Crippen LogP contribution is -2.17. The fourth-order valence-corrected chi connectivity index (χ4v) is 2.06. The molecule has 2 aromatic carbocycles. The van der Waals surface area contributed by atoms with E-state index >= 15 is 0 Å². The zero-order chi connectivity index (χ0) is 15.4. The first-order valence-electron chi connectivity index (χ1n) is 6.64. The van der Waals surface area contributed by atoms with Crippen LogP contribution in [0.15, 0.2) is 48.5 Å². The van der Waals surface area contributed by atoms with Gasteiger partial charge in [0.15, 0.2) is 0 Å². The smallest absolute Gasteiger partial charge is 0.222 e. The lowest BCUT2D eigenvalue weighted by atomic mass is 10.2. The molecule has 0 atom stereocenters. The number of hydrogen-bond acceptors (Lipinski definition) is 4. The van der Waals surface area contributed by atoms with Crippen molar-refractivity contribution in [2.45, 2.75) is 6.42 Å². The second-order valence-corrected chi connectivity index (χ2v) is 5.03. The van der Waals surface area contributed by atoms with Gasteiger partial charge >= 0.3 is 0 Å². The van der Waals surface area contributed by atoms with Crippen molar-refractivity contribution in [3.8, 4) is 11.4 Å². The molecular formula is C15H12ClFN4O.